The highest BCUT2D eigenvalue weighted by Gasteiger charge is 2.09. The predicted molar refractivity (Wildman–Crippen MR) is 42.0 cm³/mol. The van der Waals surface area contributed by atoms with Gasteiger partial charge in [0.25, 0.3) is 0 Å². The molecule has 0 saturated heterocycles. The summed E-state index contributed by atoms with van der Waals surface area (Å²) in [5.41, 5.74) is 0.399. The lowest BCUT2D eigenvalue weighted by molar-refractivity contribution is -0.135. The summed E-state index contributed by atoms with van der Waals surface area (Å²) in [4.78, 5) is 21.7. The number of methoxy groups -OCH3 is 1. The molecule has 0 fully saturated rings. The monoisotopic (exact) mass is 167 g/mol. The highest BCUT2D eigenvalue weighted by atomic mass is 16.5. The minimum Gasteiger partial charge on any atom is -0.465 e. The standard InChI is InChI=1S/C8H9NO3/c1-12-8(11)6-2-3-7(10)9-5-4-6/h2,4-5H,3H2,1H3,(H,9,10). The molecule has 1 rings (SSSR count). The van der Waals surface area contributed by atoms with Gasteiger partial charge in [0.2, 0.25) is 5.91 Å². The van der Waals surface area contributed by atoms with Crippen molar-refractivity contribution >= 4 is 11.9 Å². The Hall–Kier alpha value is -1.58. The van der Waals surface area contributed by atoms with Crippen LogP contribution in [0.3, 0.4) is 0 Å². The van der Waals surface area contributed by atoms with Crippen LogP contribution in [0.25, 0.3) is 0 Å². The maximum absolute atomic E-state index is 10.9. The molecule has 1 heterocycles. The number of hydrogen-bond acceptors (Lipinski definition) is 3. The molecule has 0 aromatic heterocycles. The van der Waals surface area contributed by atoms with E-state index in [1.165, 1.54) is 25.5 Å². The summed E-state index contributed by atoms with van der Waals surface area (Å²) < 4.78 is 4.48. The Morgan fingerprint density at radius 2 is 2.42 bits per heavy atom. The quantitative estimate of drug-likeness (QED) is 0.564. The molecular formula is C8H9NO3. The minimum absolute atomic E-state index is 0.134. The van der Waals surface area contributed by atoms with Crippen molar-refractivity contribution in [3.63, 3.8) is 0 Å². The summed E-state index contributed by atoms with van der Waals surface area (Å²) in [5, 5.41) is 2.47. The number of carbonyl (C=O) groups is 2. The van der Waals surface area contributed by atoms with Gasteiger partial charge in [-0.25, -0.2) is 4.79 Å². The summed E-state index contributed by atoms with van der Waals surface area (Å²) in [6.45, 7) is 0. The fourth-order valence-corrected chi connectivity index (χ4v) is 0.823. The van der Waals surface area contributed by atoms with Crippen molar-refractivity contribution < 1.29 is 14.3 Å². The number of carbonyl (C=O) groups excluding carboxylic acids is 2. The molecule has 0 aromatic carbocycles. The summed E-state index contributed by atoms with van der Waals surface area (Å²) in [5.74, 6) is -0.562. The van der Waals surface area contributed by atoms with Gasteiger partial charge < -0.3 is 10.1 Å². The van der Waals surface area contributed by atoms with E-state index in [1.54, 1.807) is 0 Å². The minimum atomic E-state index is -0.428. The Labute approximate surface area is 69.9 Å². The molecular weight excluding hydrogens is 158 g/mol. The lowest BCUT2D eigenvalue weighted by Gasteiger charge is -1.95. The van der Waals surface area contributed by atoms with Crippen molar-refractivity contribution in [1.82, 2.24) is 5.32 Å². The lowest BCUT2D eigenvalue weighted by atomic mass is 10.2. The second kappa shape index (κ2) is 3.71. The van der Waals surface area contributed by atoms with Crippen molar-refractivity contribution in [2.45, 2.75) is 6.42 Å². The largest absolute Gasteiger partial charge is 0.465 e. The molecule has 1 amide bonds. The molecule has 0 saturated carbocycles. The van der Waals surface area contributed by atoms with E-state index in [0.717, 1.165) is 0 Å². The second-order valence-corrected chi connectivity index (χ2v) is 2.26. The van der Waals surface area contributed by atoms with Crippen LogP contribution in [0.1, 0.15) is 6.42 Å². The van der Waals surface area contributed by atoms with Gasteiger partial charge >= 0.3 is 5.97 Å². The Bertz CT molecular complexity index is 265. The van der Waals surface area contributed by atoms with Crippen molar-refractivity contribution in [3.05, 3.63) is 23.9 Å². The van der Waals surface area contributed by atoms with E-state index in [0.29, 0.717) is 5.57 Å². The number of nitrogens with one attached hydrogen (secondary N) is 1. The van der Waals surface area contributed by atoms with Crippen LogP contribution in [-0.2, 0) is 14.3 Å². The molecule has 0 atom stereocenters. The van der Waals surface area contributed by atoms with E-state index in [2.05, 4.69) is 10.1 Å². The molecule has 0 bridgehead atoms. The molecule has 1 N–H and O–H groups in total. The molecule has 64 valence electrons. The Morgan fingerprint density at radius 1 is 1.67 bits per heavy atom. The predicted octanol–water partition coefficient (Wildman–Crippen LogP) is 0.119. The molecule has 0 spiro atoms. The van der Waals surface area contributed by atoms with Gasteiger partial charge in [-0.05, 0) is 6.08 Å². The fraction of sp³-hybridized carbons (Fsp3) is 0.250. The van der Waals surface area contributed by atoms with Crippen LogP contribution in [0.15, 0.2) is 23.9 Å². The van der Waals surface area contributed by atoms with Gasteiger partial charge in [-0.2, -0.15) is 0 Å². The Kier molecular flexibility index (Phi) is 2.63. The highest BCUT2D eigenvalue weighted by Crippen LogP contribution is 2.04. The van der Waals surface area contributed by atoms with E-state index >= 15 is 0 Å². The highest BCUT2D eigenvalue weighted by molar-refractivity contribution is 5.93. The van der Waals surface area contributed by atoms with E-state index < -0.39 is 5.97 Å². The second-order valence-electron chi connectivity index (χ2n) is 2.26. The van der Waals surface area contributed by atoms with Crippen LogP contribution in [0.5, 0.6) is 0 Å². The zero-order valence-electron chi connectivity index (χ0n) is 6.66. The first-order chi connectivity index (χ1) is 5.74. The Balaban J connectivity index is 2.76. The molecule has 1 aliphatic rings. The summed E-state index contributed by atoms with van der Waals surface area (Å²) in [6.07, 6.45) is 4.68. The first-order valence-corrected chi connectivity index (χ1v) is 3.48. The number of hydrogen-bond donors (Lipinski definition) is 1. The number of rotatable bonds is 1. The zero-order chi connectivity index (χ0) is 8.97. The van der Waals surface area contributed by atoms with E-state index in [1.807, 2.05) is 0 Å². The van der Waals surface area contributed by atoms with Crippen molar-refractivity contribution in [1.29, 1.82) is 0 Å². The number of ether oxygens (including phenoxy) is 1. The number of amides is 1. The van der Waals surface area contributed by atoms with Crippen LogP contribution >= 0.6 is 0 Å². The van der Waals surface area contributed by atoms with Gasteiger partial charge in [-0.15, -0.1) is 0 Å². The van der Waals surface area contributed by atoms with Gasteiger partial charge in [0.1, 0.15) is 0 Å². The molecule has 0 aliphatic carbocycles. The van der Waals surface area contributed by atoms with Crippen molar-refractivity contribution in [2.75, 3.05) is 7.11 Å². The third-order valence-corrected chi connectivity index (χ3v) is 1.44. The van der Waals surface area contributed by atoms with E-state index in [-0.39, 0.29) is 12.3 Å². The first kappa shape index (κ1) is 8.52. The SMILES string of the molecule is COC(=O)C1=CCC(=O)NC=C1. The third kappa shape index (κ3) is 1.95. The summed E-state index contributed by atoms with van der Waals surface area (Å²) in [6, 6.07) is 0. The maximum Gasteiger partial charge on any atom is 0.337 e. The first-order valence-electron chi connectivity index (χ1n) is 3.48. The van der Waals surface area contributed by atoms with E-state index in [9.17, 15) is 9.59 Å². The van der Waals surface area contributed by atoms with Crippen LogP contribution in [0, 0.1) is 0 Å². The van der Waals surface area contributed by atoms with Gasteiger partial charge in [0.15, 0.2) is 0 Å². The molecule has 0 unspecified atom stereocenters. The van der Waals surface area contributed by atoms with Crippen LogP contribution in [0.2, 0.25) is 0 Å². The molecule has 1 aliphatic heterocycles. The molecule has 4 heteroatoms. The Morgan fingerprint density at radius 3 is 3.08 bits per heavy atom. The summed E-state index contributed by atoms with van der Waals surface area (Å²) >= 11 is 0. The average molecular weight is 167 g/mol. The fourth-order valence-electron chi connectivity index (χ4n) is 0.823. The van der Waals surface area contributed by atoms with Gasteiger partial charge in [0.05, 0.1) is 12.7 Å². The van der Waals surface area contributed by atoms with Crippen LogP contribution in [-0.4, -0.2) is 19.0 Å². The van der Waals surface area contributed by atoms with Crippen LogP contribution < -0.4 is 5.32 Å². The van der Waals surface area contributed by atoms with Gasteiger partial charge in [-0.1, -0.05) is 6.08 Å². The van der Waals surface area contributed by atoms with E-state index in [4.69, 9.17) is 0 Å². The van der Waals surface area contributed by atoms with Crippen molar-refractivity contribution in [3.8, 4) is 0 Å². The molecule has 0 radical (unpaired) electrons. The average Bonchev–Trinajstić information content (AvgIpc) is 2.29. The zero-order valence-corrected chi connectivity index (χ0v) is 6.66. The number of esters is 1. The summed E-state index contributed by atoms with van der Waals surface area (Å²) in [7, 11) is 1.30. The smallest absolute Gasteiger partial charge is 0.337 e. The third-order valence-electron chi connectivity index (χ3n) is 1.44. The molecule has 4 nitrogen and oxygen atoms in total. The maximum atomic E-state index is 10.9. The lowest BCUT2D eigenvalue weighted by Crippen LogP contribution is -2.13. The van der Waals surface area contributed by atoms with Crippen molar-refractivity contribution in [2.24, 2.45) is 0 Å². The van der Waals surface area contributed by atoms with Crippen LogP contribution in [0.4, 0.5) is 0 Å². The normalized spacial score (nSPS) is 16.1. The molecule has 0 aromatic rings. The molecule has 12 heavy (non-hydrogen) atoms. The van der Waals surface area contributed by atoms with Gasteiger partial charge in [-0.3, -0.25) is 4.79 Å². The van der Waals surface area contributed by atoms with Gasteiger partial charge in [0, 0.05) is 12.6 Å². The topological polar surface area (TPSA) is 55.4 Å².